The van der Waals surface area contributed by atoms with Crippen molar-refractivity contribution in [2.24, 2.45) is 5.41 Å². The molecule has 0 saturated heterocycles. The predicted molar refractivity (Wildman–Crippen MR) is 123 cm³/mol. The molecule has 2 aliphatic heterocycles. The van der Waals surface area contributed by atoms with Gasteiger partial charge in [-0.15, -0.1) is 0 Å². The van der Waals surface area contributed by atoms with Crippen LogP contribution in [0.25, 0.3) is 6.08 Å². The van der Waals surface area contributed by atoms with Crippen LogP contribution in [0.1, 0.15) is 64.0 Å². The maximum Gasteiger partial charge on any atom is 0.121 e. The van der Waals surface area contributed by atoms with Crippen LogP contribution in [0.15, 0.2) is 61.1 Å². The zero-order valence-electron chi connectivity index (χ0n) is 18.8. The Bertz CT molecular complexity index is 875. The molecule has 0 radical (unpaired) electrons. The van der Waals surface area contributed by atoms with Gasteiger partial charge in [-0.05, 0) is 42.4 Å². The third-order valence-electron chi connectivity index (χ3n) is 6.16. The summed E-state index contributed by atoms with van der Waals surface area (Å²) in [7, 11) is 0. The van der Waals surface area contributed by atoms with Gasteiger partial charge in [0, 0.05) is 29.7 Å². The number of nitrogens with zero attached hydrogens (tertiary/aromatic N) is 2. The molecule has 0 aromatic carbocycles. The van der Waals surface area contributed by atoms with E-state index < -0.39 is 0 Å². The van der Waals surface area contributed by atoms with Gasteiger partial charge >= 0.3 is 0 Å². The summed E-state index contributed by atoms with van der Waals surface area (Å²) in [5.74, 6) is 0.730. The first kappa shape index (κ1) is 21.3. The molecule has 1 aromatic heterocycles. The highest BCUT2D eigenvalue weighted by atomic mass is 16.5. The molecule has 1 aromatic rings. The Kier molecular flexibility index (Phi) is 5.97. The minimum atomic E-state index is 0.134. The average molecular weight is 393 g/mol. The van der Waals surface area contributed by atoms with Gasteiger partial charge in [-0.25, -0.2) is 0 Å². The van der Waals surface area contributed by atoms with E-state index in [1.54, 1.807) is 0 Å². The summed E-state index contributed by atoms with van der Waals surface area (Å²) >= 11 is 0. The Morgan fingerprint density at radius 1 is 1.31 bits per heavy atom. The lowest BCUT2D eigenvalue weighted by Gasteiger charge is -2.51. The molecule has 0 saturated carbocycles. The zero-order valence-corrected chi connectivity index (χ0v) is 18.8. The number of fused-ring (bicyclic) bond motifs is 3. The van der Waals surface area contributed by atoms with Crippen molar-refractivity contribution in [2.75, 3.05) is 6.61 Å². The van der Waals surface area contributed by atoms with Gasteiger partial charge in [0.05, 0.1) is 18.7 Å². The van der Waals surface area contributed by atoms with E-state index in [1.165, 1.54) is 17.0 Å². The summed E-state index contributed by atoms with van der Waals surface area (Å²) in [6, 6.07) is 3.03. The molecule has 3 rings (SSSR count). The van der Waals surface area contributed by atoms with E-state index in [2.05, 4.69) is 75.2 Å². The summed E-state index contributed by atoms with van der Waals surface area (Å²) in [5.41, 5.74) is 6.38. The Morgan fingerprint density at radius 2 is 2.03 bits per heavy atom. The molecule has 2 unspecified atom stereocenters. The van der Waals surface area contributed by atoms with Crippen molar-refractivity contribution in [3.63, 3.8) is 0 Å². The molecule has 0 spiro atoms. The van der Waals surface area contributed by atoms with Crippen molar-refractivity contribution in [2.45, 2.75) is 66.1 Å². The van der Waals surface area contributed by atoms with Crippen molar-refractivity contribution >= 4 is 6.08 Å². The van der Waals surface area contributed by atoms with E-state index in [0.717, 1.165) is 36.3 Å². The molecule has 156 valence electrons. The number of allylic oxidation sites excluding steroid dienone is 3. The van der Waals surface area contributed by atoms with Crippen molar-refractivity contribution < 1.29 is 4.74 Å². The van der Waals surface area contributed by atoms with Gasteiger partial charge in [0.15, 0.2) is 0 Å². The maximum atomic E-state index is 5.73. The van der Waals surface area contributed by atoms with Crippen LogP contribution in [0.4, 0.5) is 0 Å². The van der Waals surface area contributed by atoms with E-state index in [-0.39, 0.29) is 11.5 Å². The SMILES string of the molecule is C=C/C=C\c1cc2n(c1CC)CC(C(C)(C)C)N1C=C(C(=C)OCC)C(=C)CC21. The van der Waals surface area contributed by atoms with E-state index in [0.29, 0.717) is 12.6 Å². The quantitative estimate of drug-likeness (QED) is 0.411. The standard InChI is InChI=1S/C26H36N2O/c1-9-12-13-20-15-24-23-14-18(4)21(19(5)29-11-3)16-28(23)25(26(6,7)8)17-27(24)22(20)10-2/h9,12-13,15-16,23,25H,1,4-5,10-11,14,17H2,2-3,6-8H3/b13-12-. The Morgan fingerprint density at radius 3 is 2.62 bits per heavy atom. The molecule has 29 heavy (non-hydrogen) atoms. The summed E-state index contributed by atoms with van der Waals surface area (Å²) < 4.78 is 8.29. The first-order valence-electron chi connectivity index (χ1n) is 10.7. The summed E-state index contributed by atoms with van der Waals surface area (Å²) in [6.07, 6.45) is 10.2. The van der Waals surface area contributed by atoms with Gasteiger partial charge in [-0.2, -0.15) is 0 Å². The molecule has 2 aliphatic rings. The molecule has 3 nitrogen and oxygen atoms in total. The average Bonchev–Trinajstić information content (AvgIpc) is 3.02. The number of aromatic nitrogens is 1. The fraction of sp³-hybridized carbons (Fsp3) is 0.462. The minimum absolute atomic E-state index is 0.134. The topological polar surface area (TPSA) is 17.4 Å². The van der Waals surface area contributed by atoms with Crippen LogP contribution in [0.5, 0.6) is 0 Å². The molecule has 0 fully saturated rings. The molecule has 2 atom stereocenters. The van der Waals surface area contributed by atoms with E-state index in [9.17, 15) is 0 Å². The maximum absolute atomic E-state index is 5.73. The van der Waals surface area contributed by atoms with Crippen molar-refractivity contribution in [3.8, 4) is 0 Å². The van der Waals surface area contributed by atoms with Crippen LogP contribution in [0, 0.1) is 5.41 Å². The highest BCUT2D eigenvalue weighted by Crippen LogP contribution is 2.46. The highest BCUT2D eigenvalue weighted by Gasteiger charge is 2.42. The van der Waals surface area contributed by atoms with Gasteiger partial charge < -0.3 is 14.2 Å². The number of ether oxygens (including phenoxy) is 1. The summed E-state index contributed by atoms with van der Waals surface area (Å²) in [4.78, 5) is 2.55. The smallest absolute Gasteiger partial charge is 0.121 e. The molecule has 0 bridgehead atoms. The van der Waals surface area contributed by atoms with Crippen LogP contribution in [0.3, 0.4) is 0 Å². The molecule has 0 aliphatic carbocycles. The second-order valence-corrected chi connectivity index (χ2v) is 9.08. The van der Waals surface area contributed by atoms with Crippen molar-refractivity contribution in [1.29, 1.82) is 0 Å². The molecular weight excluding hydrogens is 356 g/mol. The molecule has 3 heteroatoms. The normalized spacial score (nSPS) is 21.6. The Balaban J connectivity index is 2.14. The van der Waals surface area contributed by atoms with Gasteiger partial charge in [0.1, 0.15) is 5.76 Å². The number of rotatable bonds is 6. The molecular formula is C26H36N2O. The lowest BCUT2D eigenvalue weighted by molar-refractivity contribution is 0.0579. The second kappa shape index (κ2) is 8.14. The summed E-state index contributed by atoms with van der Waals surface area (Å²) in [6.45, 7) is 25.2. The fourth-order valence-electron chi connectivity index (χ4n) is 4.69. The lowest BCUT2D eigenvalue weighted by atomic mass is 9.80. The lowest BCUT2D eigenvalue weighted by Crippen LogP contribution is -2.51. The first-order valence-corrected chi connectivity index (χ1v) is 10.7. The van der Waals surface area contributed by atoms with E-state index in [4.69, 9.17) is 4.74 Å². The predicted octanol–water partition coefficient (Wildman–Crippen LogP) is 6.42. The van der Waals surface area contributed by atoms with Gasteiger partial charge in [0.25, 0.3) is 0 Å². The van der Waals surface area contributed by atoms with Crippen LogP contribution in [-0.2, 0) is 17.7 Å². The van der Waals surface area contributed by atoms with Crippen LogP contribution in [0.2, 0.25) is 0 Å². The Labute approximate surface area is 176 Å². The van der Waals surface area contributed by atoms with Crippen LogP contribution in [-0.4, -0.2) is 22.1 Å². The molecule has 0 amide bonds. The van der Waals surface area contributed by atoms with Crippen molar-refractivity contribution in [3.05, 3.63) is 78.0 Å². The van der Waals surface area contributed by atoms with Crippen molar-refractivity contribution in [1.82, 2.24) is 9.47 Å². The minimum Gasteiger partial charge on any atom is -0.494 e. The first-order chi connectivity index (χ1) is 13.7. The Hall–Kier alpha value is -2.42. The fourth-order valence-corrected chi connectivity index (χ4v) is 4.69. The number of hydrogen-bond acceptors (Lipinski definition) is 2. The van der Waals surface area contributed by atoms with E-state index in [1.807, 2.05) is 19.1 Å². The zero-order chi connectivity index (χ0) is 21.3. The largest absolute Gasteiger partial charge is 0.494 e. The third kappa shape index (κ3) is 3.88. The third-order valence-corrected chi connectivity index (χ3v) is 6.16. The summed E-state index contributed by atoms with van der Waals surface area (Å²) in [5, 5.41) is 0. The molecule has 3 heterocycles. The molecule has 0 N–H and O–H groups in total. The number of hydrogen-bond donors (Lipinski definition) is 0. The second-order valence-electron chi connectivity index (χ2n) is 9.08. The van der Waals surface area contributed by atoms with Crippen LogP contribution < -0.4 is 0 Å². The van der Waals surface area contributed by atoms with Gasteiger partial charge in [-0.1, -0.05) is 65.7 Å². The van der Waals surface area contributed by atoms with Gasteiger partial charge in [0.2, 0.25) is 0 Å². The monoisotopic (exact) mass is 392 g/mol. The highest BCUT2D eigenvalue weighted by molar-refractivity contribution is 5.57. The van der Waals surface area contributed by atoms with E-state index >= 15 is 0 Å². The van der Waals surface area contributed by atoms with Gasteiger partial charge in [-0.3, -0.25) is 0 Å². The van der Waals surface area contributed by atoms with Crippen LogP contribution >= 0.6 is 0 Å².